The maximum Gasteiger partial charge on any atom is 0.266 e. The third-order valence-corrected chi connectivity index (χ3v) is 6.42. The minimum absolute atomic E-state index is 0.0324. The highest BCUT2D eigenvalue weighted by Crippen LogP contribution is 2.21. The Kier molecular flexibility index (Phi) is 7.70. The first-order valence-corrected chi connectivity index (χ1v) is 12.0. The number of carbonyl (C=O) groups excluding carboxylic acids is 1. The van der Waals surface area contributed by atoms with Gasteiger partial charge in [0.15, 0.2) is 0 Å². The van der Waals surface area contributed by atoms with Crippen LogP contribution in [0.3, 0.4) is 0 Å². The smallest absolute Gasteiger partial charge is 0.266 e. The monoisotopic (exact) mass is 456 g/mol. The molecule has 0 spiro atoms. The van der Waals surface area contributed by atoms with Gasteiger partial charge in [-0.15, -0.1) is 0 Å². The summed E-state index contributed by atoms with van der Waals surface area (Å²) in [5, 5.41) is 12.2. The molecule has 0 aliphatic heterocycles. The van der Waals surface area contributed by atoms with Gasteiger partial charge >= 0.3 is 0 Å². The number of sulfonamides is 1. The second-order valence-electron chi connectivity index (χ2n) is 9.34. The quantitative estimate of drug-likeness (QED) is 0.476. The van der Waals surface area contributed by atoms with E-state index >= 15 is 0 Å². The number of aryl methyl sites for hydroxylation is 1. The van der Waals surface area contributed by atoms with E-state index in [0.717, 1.165) is 23.5 Å². The molecular formula is C24H32N4O3S. The van der Waals surface area contributed by atoms with E-state index < -0.39 is 21.5 Å². The van der Waals surface area contributed by atoms with E-state index in [2.05, 4.69) is 28.5 Å². The van der Waals surface area contributed by atoms with Gasteiger partial charge in [-0.2, -0.15) is 5.26 Å². The van der Waals surface area contributed by atoms with Crippen LogP contribution >= 0.6 is 0 Å². The zero-order valence-electron chi connectivity index (χ0n) is 19.8. The minimum Gasteiger partial charge on any atom is -0.348 e. The molecule has 0 aliphatic carbocycles. The van der Waals surface area contributed by atoms with Crippen molar-refractivity contribution in [3.63, 3.8) is 0 Å². The van der Waals surface area contributed by atoms with Crippen molar-refractivity contribution in [3.8, 4) is 6.07 Å². The summed E-state index contributed by atoms with van der Waals surface area (Å²) < 4.78 is 29.9. The first kappa shape index (κ1) is 25.4. The Hall–Kier alpha value is -2.89. The summed E-state index contributed by atoms with van der Waals surface area (Å²) in [6.07, 6.45) is 1.57. The zero-order chi connectivity index (χ0) is 24.3. The maximum absolute atomic E-state index is 12.7. The summed E-state index contributed by atoms with van der Waals surface area (Å²) in [5.74, 6) is -0.133. The number of carbonyl (C=O) groups is 1. The van der Waals surface area contributed by atoms with Gasteiger partial charge in [0.05, 0.1) is 4.90 Å². The van der Waals surface area contributed by atoms with Crippen molar-refractivity contribution in [1.29, 1.82) is 5.26 Å². The van der Waals surface area contributed by atoms with Gasteiger partial charge in [-0.25, -0.2) is 13.1 Å². The number of rotatable bonds is 7. The normalized spacial score (nSPS) is 12.7. The third-order valence-electron chi connectivity index (χ3n) is 4.67. The molecular weight excluding hydrogens is 424 g/mol. The molecule has 1 heterocycles. The number of nitrogens with zero attached hydrogens (tertiary/aromatic N) is 2. The van der Waals surface area contributed by atoms with Crippen LogP contribution in [0.25, 0.3) is 6.08 Å². The number of nitriles is 1. The Morgan fingerprint density at radius 2 is 1.88 bits per heavy atom. The number of amides is 1. The van der Waals surface area contributed by atoms with E-state index in [0.29, 0.717) is 11.6 Å². The largest absolute Gasteiger partial charge is 0.348 e. The molecule has 1 amide bonds. The van der Waals surface area contributed by atoms with Gasteiger partial charge in [0.2, 0.25) is 10.0 Å². The van der Waals surface area contributed by atoms with E-state index in [1.54, 1.807) is 39.0 Å². The van der Waals surface area contributed by atoms with Gasteiger partial charge in [0.25, 0.3) is 5.91 Å². The molecule has 2 aromatic rings. The van der Waals surface area contributed by atoms with Gasteiger partial charge in [0, 0.05) is 29.2 Å². The second kappa shape index (κ2) is 9.72. The van der Waals surface area contributed by atoms with Crippen LogP contribution < -0.4 is 10.0 Å². The first-order valence-electron chi connectivity index (χ1n) is 10.5. The average molecular weight is 457 g/mol. The predicted molar refractivity (Wildman–Crippen MR) is 127 cm³/mol. The van der Waals surface area contributed by atoms with Crippen LogP contribution in [0.1, 0.15) is 51.6 Å². The number of anilines is 1. The highest BCUT2D eigenvalue weighted by molar-refractivity contribution is 7.89. The maximum atomic E-state index is 12.7. The molecule has 2 rings (SSSR count). The molecule has 1 aromatic heterocycles. The summed E-state index contributed by atoms with van der Waals surface area (Å²) in [7, 11) is -3.75. The van der Waals surface area contributed by atoms with Crippen LogP contribution in [-0.4, -0.2) is 24.4 Å². The van der Waals surface area contributed by atoms with Gasteiger partial charge in [-0.1, -0.05) is 19.9 Å². The SMILES string of the molecule is Cc1cc(/C=C(\C#N)C(=O)Nc2cccc(S(=O)(=O)NC(C)(C)C)c2)c(C)n1CC(C)C. The number of nitrogens with one attached hydrogen (secondary N) is 2. The Morgan fingerprint density at radius 3 is 2.44 bits per heavy atom. The number of hydrogen-bond donors (Lipinski definition) is 2. The molecule has 0 saturated carbocycles. The Labute approximate surface area is 191 Å². The van der Waals surface area contributed by atoms with Gasteiger partial charge in [-0.3, -0.25) is 4.79 Å². The Morgan fingerprint density at radius 1 is 1.22 bits per heavy atom. The average Bonchev–Trinajstić information content (AvgIpc) is 2.91. The summed E-state index contributed by atoms with van der Waals surface area (Å²) in [6.45, 7) is 14.3. The lowest BCUT2D eigenvalue weighted by molar-refractivity contribution is -0.112. The fourth-order valence-corrected chi connectivity index (χ4v) is 4.79. The lowest BCUT2D eigenvalue weighted by atomic mass is 10.1. The van der Waals surface area contributed by atoms with Gasteiger partial charge in [-0.05, 0) is 76.4 Å². The molecule has 0 fully saturated rings. The minimum atomic E-state index is -3.75. The van der Waals surface area contributed by atoms with Crippen molar-refractivity contribution in [3.05, 3.63) is 52.9 Å². The Balaban J connectivity index is 2.30. The molecule has 172 valence electrons. The van der Waals surface area contributed by atoms with Crippen LogP contribution in [0.2, 0.25) is 0 Å². The molecule has 8 heteroatoms. The van der Waals surface area contributed by atoms with E-state index in [9.17, 15) is 18.5 Å². The van der Waals surface area contributed by atoms with Gasteiger partial charge < -0.3 is 9.88 Å². The number of aromatic nitrogens is 1. The van der Waals surface area contributed by atoms with Crippen LogP contribution in [0.15, 0.2) is 40.8 Å². The molecule has 0 aliphatic rings. The summed E-state index contributed by atoms with van der Waals surface area (Å²) in [5.41, 5.74) is 2.44. The van der Waals surface area contributed by atoms with Crippen molar-refractivity contribution in [2.24, 2.45) is 5.92 Å². The van der Waals surface area contributed by atoms with Crippen LogP contribution in [-0.2, 0) is 21.4 Å². The number of benzene rings is 1. The standard InChI is InChI=1S/C24H32N4O3S/c1-16(2)15-28-17(3)11-19(18(28)4)12-20(14-25)23(29)26-21-9-8-10-22(13-21)32(30,31)27-24(5,6)7/h8-13,16,27H,15H2,1-7H3,(H,26,29)/b20-12+. The van der Waals surface area contributed by atoms with Crippen LogP contribution in [0.4, 0.5) is 5.69 Å². The van der Waals surface area contributed by atoms with Crippen LogP contribution in [0.5, 0.6) is 0 Å². The molecule has 2 N–H and O–H groups in total. The van der Waals surface area contributed by atoms with Crippen molar-refractivity contribution < 1.29 is 13.2 Å². The molecule has 0 saturated heterocycles. The molecule has 1 aromatic carbocycles. The molecule has 7 nitrogen and oxygen atoms in total. The predicted octanol–water partition coefficient (Wildman–Crippen LogP) is 4.38. The topological polar surface area (TPSA) is 104 Å². The van der Waals surface area contributed by atoms with E-state index in [-0.39, 0.29) is 10.5 Å². The van der Waals surface area contributed by atoms with Crippen molar-refractivity contribution in [2.45, 2.75) is 65.4 Å². The molecule has 0 radical (unpaired) electrons. The second-order valence-corrected chi connectivity index (χ2v) is 11.0. The number of hydrogen-bond acceptors (Lipinski definition) is 4. The lowest BCUT2D eigenvalue weighted by Gasteiger charge is -2.20. The van der Waals surface area contributed by atoms with Crippen LogP contribution in [0, 0.1) is 31.1 Å². The summed E-state index contributed by atoms with van der Waals surface area (Å²) >= 11 is 0. The Bertz CT molecular complexity index is 1180. The molecule has 0 bridgehead atoms. The van der Waals surface area contributed by atoms with E-state index in [1.807, 2.05) is 26.0 Å². The van der Waals surface area contributed by atoms with Crippen molar-refractivity contribution in [2.75, 3.05) is 5.32 Å². The third kappa shape index (κ3) is 6.55. The highest BCUT2D eigenvalue weighted by atomic mass is 32.2. The van der Waals surface area contributed by atoms with Gasteiger partial charge in [0.1, 0.15) is 11.6 Å². The molecule has 0 atom stereocenters. The molecule has 0 unspecified atom stereocenters. The fourth-order valence-electron chi connectivity index (χ4n) is 3.33. The first-order chi connectivity index (χ1) is 14.7. The van der Waals surface area contributed by atoms with Crippen molar-refractivity contribution in [1.82, 2.24) is 9.29 Å². The highest BCUT2D eigenvalue weighted by Gasteiger charge is 2.22. The summed E-state index contributed by atoms with van der Waals surface area (Å²) in [4.78, 5) is 12.8. The summed E-state index contributed by atoms with van der Waals surface area (Å²) in [6, 6.07) is 9.85. The lowest BCUT2D eigenvalue weighted by Crippen LogP contribution is -2.40. The van der Waals surface area contributed by atoms with Crippen molar-refractivity contribution >= 4 is 27.7 Å². The molecule has 32 heavy (non-hydrogen) atoms. The van der Waals surface area contributed by atoms with E-state index in [4.69, 9.17) is 0 Å². The van der Waals surface area contributed by atoms with E-state index in [1.165, 1.54) is 12.1 Å². The fraction of sp³-hybridized carbons (Fsp3) is 0.417. The zero-order valence-corrected chi connectivity index (χ0v) is 20.6.